The normalized spacial score (nSPS) is 30.9. The van der Waals surface area contributed by atoms with Crippen LogP contribution in [0.15, 0.2) is 24.3 Å². The number of fused-ring (bicyclic) bond motifs is 1. The third-order valence-electron chi connectivity index (χ3n) is 5.10. The summed E-state index contributed by atoms with van der Waals surface area (Å²) < 4.78 is 0. The van der Waals surface area contributed by atoms with Crippen molar-refractivity contribution in [2.45, 2.75) is 51.6 Å². The lowest BCUT2D eigenvalue weighted by Crippen LogP contribution is -2.41. The molecule has 2 atom stereocenters. The van der Waals surface area contributed by atoms with Gasteiger partial charge in [0.2, 0.25) is 0 Å². The number of rotatable bonds is 1. The van der Waals surface area contributed by atoms with Crippen molar-refractivity contribution in [3.05, 3.63) is 35.4 Å². The topological polar surface area (TPSA) is 29.3 Å². The molecule has 0 aromatic heterocycles. The predicted octanol–water partition coefficient (Wildman–Crippen LogP) is 3.12. The lowest BCUT2D eigenvalue weighted by atomic mass is 9.85. The Labute approximate surface area is 117 Å². The van der Waals surface area contributed by atoms with E-state index in [2.05, 4.69) is 43.0 Å². The van der Waals surface area contributed by atoms with Gasteiger partial charge in [-0.15, -0.1) is 0 Å². The van der Waals surface area contributed by atoms with Crippen LogP contribution in [0.1, 0.15) is 50.3 Å². The van der Waals surface area contributed by atoms with Gasteiger partial charge in [-0.1, -0.05) is 38.1 Å². The molecule has 19 heavy (non-hydrogen) atoms. The average molecular weight is 258 g/mol. The van der Waals surface area contributed by atoms with Crippen LogP contribution in [-0.2, 0) is 6.42 Å². The molecule has 2 heteroatoms. The van der Waals surface area contributed by atoms with E-state index in [4.69, 9.17) is 5.73 Å². The van der Waals surface area contributed by atoms with Crippen LogP contribution in [-0.4, -0.2) is 24.0 Å². The maximum absolute atomic E-state index is 6.50. The molecular weight excluding hydrogens is 232 g/mol. The molecule has 0 spiro atoms. The molecule has 1 heterocycles. The Balaban J connectivity index is 1.75. The molecule has 1 aromatic carbocycles. The third kappa shape index (κ3) is 2.56. The molecule has 2 N–H and O–H groups in total. The molecule has 2 unspecified atom stereocenters. The van der Waals surface area contributed by atoms with Gasteiger partial charge < -0.3 is 5.73 Å². The van der Waals surface area contributed by atoms with Crippen LogP contribution in [0.3, 0.4) is 0 Å². The molecule has 0 bridgehead atoms. The fraction of sp³-hybridized carbons (Fsp3) is 0.647. The van der Waals surface area contributed by atoms with Crippen molar-refractivity contribution in [3.8, 4) is 0 Å². The van der Waals surface area contributed by atoms with E-state index in [9.17, 15) is 0 Å². The molecule has 2 nitrogen and oxygen atoms in total. The van der Waals surface area contributed by atoms with Gasteiger partial charge in [0.1, 0.15) is 0 Å². The zero-order valence-corrected chi connectivity index (χ0v) is 12.2. The monoisotopic (exact) mass is 258 g/mol. The molecule has 2 aliphatic rings. The Morgan fingerprint density at radius 2 is 1.95 bits per heavy atom. The molecule has 0 radical (unpaired) electrons. The van der Waals surface area contributed by atoms with E-state index < -0.39 is 0 Å². The van der Waals surface area contributed by atoms with Crippen molar-refractivity contribution in [2.75, 3.05) is 13.1 Å². The third-order valence-corrected chi connectivity index (χ3v) is 5.10. The van der Waals surface area contributed by atoms with Crippen LogP contribution < -0.4 is 5.73 Å². The summed E-state index contributed by atoms with van der Waals surface area (Å²) in [4.78, 5) is 2.65. The number of hydrogen-bond donors (Lipinski definition) is 1. The van der Waals surface area contributed by atoms with E-state index in [1.807, 2.05) is 0 Å². The van der Waals surface area contributed by atoms with Gasteiger partial charge in [0, 0.05) is 12.1 Å². The van der Waals surface area contributed by atoms with Crippen LogP contribution in [0.4, 0.5) is 0 Å². The van der Waals surface area contributed by atoms with Crippen LogP contribution in [0, 0.1) is 5.41 Å². The Morgan fingerprint density at radius 3 is 2.74 bits per heavy atom. The Hall–Kier alpha value is -0.860. The molecule has 0 saturated carbocycles. The zero-order valence-electron chi connectivity index (χ0n) is 12.2. The minimum absolute atomic E-state index is 0.206. The number of benzene rings is 1. The SMILES string of the molecule is CC1(C)CCCN(C2Cc3ccccc3C2N)CC1. The molecule has 104 valence electrons. The summed E-state index contributed by atoms with van der Waals surface area (Å²) in [6.45, 7) is 7.23. The van der Waals surface area contributed by atoms with E-state index in [0.717, 1.165) is 6.42 Å². The maximum atomic E-state index is 6.50. The summed E-state index contributed by atoms with van der Waals surface area (Å²) in [5, 5.41) is 0. The van der Waals surface area contributed by atoms with Gasteiger partial charge in [-0.25, -0.2) is 0 Å². The fourth-order valence-electron chi connectivity index (χ4n) is 3.74. The molecule has 1 aliphatic carbocycles. The highest BCUT2D eigenvalue weighted by atomic mass is 15.2. The van der Waals surface area contributed by atoms with E-state index in [0.29, 0.717) is 11.5 Å². The predicted molar refractivity (Wildman–Crippen MR) is 80.1 cm³/mol. The standard InChI is InChI=1S/C17H26N2/c1-17(2)8-5-10-19(11-9-17)15-12-13-6-3-4-7-14(13)16(15)18/h3-4,6-7,15-16H,5,8-12,18H2,1-2H3. The minimum Gasteiger partial charge on any atom is -0.323 e. The van der Waals surface area contributed by atoms with Gasteiger partial charge in [0.15, 0.2) is 0 Å². The molecule has 0 amide bonds. The molecular formula is C17H26N2. The first-order valence-corrected chi connectivity index (χ1v) is 7.64. The van der Waals surface area contributed by atoms with Gasteiger partial charge in [-0.3, -0.25) is 4.90 Å². The Kier molecular flexibility index (Phi) is 3.40. The highest BCUT2D eigenvalue weighted by molar-refractivity contribution is 5.36. The molecule has 1 aromatic rings. The van der Waals surface area contributed by atoms with Gasteiger partial charge >= 0.3 is 0 Å². The lowest BCUT2D eigenvalue weighted by Gasteiger charge is -2.31. The van der Waals surface area contributed by atoms with Crippen molar-refractivity contribution in [2.24, 2.45) is 11.1 Å². The number of nitrogens with two attached hydrogens (primary N) is 1. The first kappa shape index (κ1) is 13.1. The largest absolute Gasteiger partial charge is 0.323 e. The van der Waals surface area contributed by atoms with Crippen LogP contribution in [0.2, 0.25) is 0 Å². The van der Waals surface area contributed by atoms with Crippen molar-refractivity contribution in [3.63, 3.8) is 0 Å². The molecule has 1 fully saturated rings. The average Bonchev–Trinajstić information content (AvgIpc) is 2.60. The molecule has 1 aliphatic heterocycles. The first-order valence-electron chi connectivity index (χ1n) is 7.64. The van der Waals surface area contributed by atoms with Crippen LogP contribution in [0.25, 0.3) is 0 Å². The second kappa shape index (κ2) is 4.92. The van der Waals surface area contributed by atoms with Gasteiger partial charge in [0.25, 0.3) is 0 Å². The Bertz CT molecular complexity index is 452. The van der Waals surface area contributed by atoms with E-state index in [1.165, 1.54) is 43.5 Å². The van der Waals surface area contributed by atoms with Crippen LogP contribution >= 0.6 is 0 Å². The summed E-state index contributed by atoms with van der Waals surface area (Å²) in [5.41, 5.74) is 9.84. The minimum atomic E-state index is 0.206. The highest BCUT2D eigenvalue weighted by Crippen LogP contribution is 2.36. The molecule has 3 rings (SSSR count). The molecule has 1 saturated heterocycles. The van der Waals surface area contributed by atoms with Gasteiger partial charge in [-0.2, -0.15) is 0 Å². The van der Waals surface area contributed by atoms with Crippen molar-refractivity contribution < 1.29 is 0 Å². The second-order valence-corrected chi connectivity index (χ2v) is 7.05. The van der Waals surface area contributed by atoms with E-state index in [-0.39, 0.29) is 6.04 Å². The van der Waals surface area contributed by atoms with Crippen molar-refractivity contribution in [1.29, 1.82) is 0 Å². The fourth-order valence-corrected chi connectivity index (χ4v) is 3.74. The van der Waals surface area contributed by atoms with E-state index >= 15 is 0 Å². The zero-order chi connectivity index (χ0) is 13.5. The highest BCUT2D eigenvalue weighted by Gasteiger charge is 2.35. The quantitative estimate of drug-likeness (QED) is 0.838. The van der Waals surface area contributed by atoms with Crippen LogP contribution in [0.5, 0.6) is 0 Å². The summed E-state index contributed by atoms with van der Waals surface area (Å²) in [6, 6.07) is 9.44. The second-order valence-electron chi connectivity index (χ2n) is 7.05. The Morgan fingerprint density at radius 1 is 1.16 bits per heavy atom. The number of likely N-dealkylation sites (tertiary alicyclic amines) is 1. The van der Waals surface area contributed by atoms with Crippen molar-refractivity contribution in [1.82, 2.24) is 4.90 Å². The smallest absolute Gasteiger partial charge is 0.0459 e. The van der Waals surface area contributed by atoms with Gasteiger partial charge in [0.05, 0.1) is 0 Å². The summed E-state index contributed by atoms with van der Waals surface area (Å²) in [5.74, 6) is 0. The summed E-state index contributed by atoms with van der Waals surface area (Å²) >= 11 is 0. The van der Waals surface area contributed by atoms with Gasteiger partial charge in [-0.05, 0) is 55.3 Å². The number of hydrogen-bond acceptors (Lipinski definition) is 2. The first-order chi connectivity index (χ1) is 9.07. The summed E-state index contributed by atoms with van der Waals surface area (Å²) in [6.07, 6.45) is 5.09. The summed E-state index contributed by atoms with van der Waals surface area (Å²) in [7, 11) is 0. The van der Waals surface area contributed by atoms with E-state index in [1.54, 1.807) is 0 Å². The lowest BCUT2D eigenvalue weighted by molar-refractivity contribution is 0.179. The van der Waals surface area contributed by atoms with Crippen molar-refractivity contribution >= 4 is 0 Å². The maximum Gasteiger partial charge on any atom is 0.0459 e. The number of nitrogens with zero attached hydrogens (tertiary/aromatic N) is 1.